The van der Waals surface area contributed by atoms with Crippen LogP contribution >= 0.6 is 11.6 Å². The summed E-state index contributed by atoms with van der Waals surface area (Å²) in [6.07, 6.45) is 2.00. The number of nitrogens with zero attached hydrogens (tertiary/aromatic N) is 1. The highest BCUT2D eigenvalue weighted by Gasteiger charge is 2.18. The predicted molar refractivity (Wildman–Crippen MR) is 105 cm³/mol. The summed E-state index contributed by atoms with van der Waals surface area (Å²) in [4.78, 5) is 25.1. The lowest BCUT2D eigenvalue weighted by Gasteiger charge is -2.16. The summed E-state index contributed by atoms with van der Waals surface area (Å²) in [5, 5.41) is 6.61. The third kappa shape index (κ3) is 3.49. The summed E-state index contributed by atoms with van der Waals surface area (Å²) in [6, 6.07) is 5.18. The minimum atomic E-state index is -0.228. The number of nitrogens with one attached hydrogen (secondary N) is 2. The molecule has 26 heavy (non-hydrogen) atoms. The molecule has 2 aromatic rings. The normalized spacial score (nSPS) is 12.8. The molecule has 138 valence electrons. The largest absolute Gasteiger partial charge is 0.385 e. The molecular formula is C20H24ClN3O2. The van der Waals surface area contributed by atoms with Crippen molar-refractivity contribution in [3.63, 3.8) is 0 Å². The molecule has 0 radical (unpaired) electrons. The number of carbonyl (C=O) groups is 1. The minimum absolute atomic E-state index is 0.00731. The Kier molecular flexibility index (Phi) is 5.37. The second-order valence-electron chi connectivity index (χ2n) is 6.66. The highest BCUT2D eigenvalue weighted by atomic mass is 35.5. The summed E-state index contributed by atoms with van der Waals surface area (Å²) < 4.78 is 2.18. The Morgan fingerprint density at radius 3 is 2.77 bits per heavy atom. The molecule has 2 heterocycles. The molecule has 0 saturated carbocycles. The first-order chi connectivity index (χ1) is 12.4. The maximum absolute atomic E-state index is 12.7. The van der Waals surface area contributed by atoms with Crippen molar-refractivity contribution in [1.29, 1.82) is 0 Å². The van der Waals surface area contributed by atoms with Crippen LogP contribution in [0.2, 0.25) is 5.02 Å². The minimum Gasteiger partial charge on any atom is -0.385 e. The molecule has 1 amide bonds. The number of halogens is 1. The van der Waals surface area contributed by atoms with Gasteiger partial charge in [0.1, 0.15) is 0 Å². The first-order valence-corrected chi connectivity index (χ1v) is 9.34. The number of fused-ring (bicyclic) bond motifs is 1. The second-order valence-corrected chi connectivity index (χ2v) is 7.09. The van der Waals surface area contributed by atoms with E-state index in [2.05, 4.69) is 15.2 Å². The molecule has 1 aliphatic heterocycles. The van der Waals surface area contributed by atoms with Gasteiger partial charge in [-0.2, -0.15) is 0 Å². The van der Waals surface area contributed by atoms with Gasteiger partial charge in [-0.1, -0.05) is 11.6 Å². The van der Waals surface area contributed by atoms with Crippen LogP contribution in [0.3, 0.4) is 0 Å². The number of hydrogen-bond acceptors (Lipinski definition) is 3. The van der Waals surface area contributed by atoms with Crippen LogP contribution in [0.4, 0.5) is 5.69 Å². The van der Waals surface area contributed by atoms with Gasteiger partial charge >= 0.3 is 0 Å². The van der Waals surface area contributed by atoms with E-state index in [0.29, 0.717) is 16.1 Å². The topological polar surface area (TPSA) is 63.1 Å². The van der Waals surface area contributed by atoms with Gasteiger partial charge in [-0.15, -0.1) is 0 Å². The standard InChI is InChI=1S/C20H24ClN3O2/c1-4-22-18-9-14(21)8-16(12(18)2)20(26)23-11-17-13(3)24-7-5-6-15(24)10-19(17)25/h8-10,22H,4-7,11H2,1-3H3,(H,23,26). The van der Waals surface area contributed by atoms with Gasteiger partial charge < -0.3 is 15.2 Å². The van der Waals surface area contributed by atoms with Crippen LogP contribution in [-0.2, 0) is 19.5 Å². The van der Waals surface area contributed by atoms with Crippen molar-refractivity contribution >= 4 is 23.2 Å². The molecule has 0 saturated heterocycles. The van der Waals surface area contributed by atoms with Crippen LogP contribution in [-0.4, -0.2) is 17.0 Å². The smallest absolute Gasteiger partial charge is 0.251 e. The third-order valence-electron chi connectivity index (χ3n) is 5.01. The first-order valence-electron chi connectivity index (χ1n) is 8.96. The molecule has 0 spiro atoms. The van der Waals surface area contributed by atoms with E-state index in [9.17, 15) is 9.59 Å². The van der Waals surface area contributed by atoms with Crippen molar-refractivity contribution in [1.82, 2.24) is 9.88 Å². The maximum atomic E-state index is 12.7. The van der Waals surface area contributed by atoms with Crippen molar-refractivity contribution < 1.29 is 4.79 Å². The monoisotopic (exact) mass is 373 g/mol. The number of rotatable bonds is 5. The molecule has 3 rings (SSSR count). The number of hydrogen-bond donors (Lipinski definition) is 2. The molecule has 0 aliphatic carbocycles. The van der Waals surface area contributed by atoms with E-state index in [1.807, 2.05) is 26.8 Å². The van der Waals surface area contributed by atoms with Crippen molar-refractivity contribution in [2.75, 3.05) is 11.9 Å². The Labute approximate surface area is 158 Å². The summed E-state index contributed by atoms with van der Waals surface area (Å²) in [5.41, 5.74) is 4.88. The lowest BCUT2D eigenvalue weighted by molar-refractivity contribution is 0.0950. The number of benzene rings is 1. The molecule has 5 nitrogen and oxygen atoms in total. The van der Waals surface area contributed by atoms with Crippen molar-refractivity contribution in [2.24, 2.45) is 0 Å². The molecule has 2 N–H and O–H groups in total. The van der Waals surface area contributed by atoms with Gasteiger partial charge in [0.05, 0.1) is 0 Å². The van der Waals surface area contributed by atoms with E-state index >= 15 is 0 Å². The van der Waals surface area contributed by atoms with Gasteiger partial charge in [0.25, 0.3) is 5.91 Å². The van der Waals surface area contributed by atoms with E-state index in [4.69, 9.17) is 11.6 Å². The van der Waals surface area contributed by atoms with Crippen molar-refractivity contribution in [2.45, 2.75) is 46.7 Å². The fourth-order valence-corrected chi connectivity index (χ4v) is 3.80. The maximum Gasteiger partial charge on any atom is 0.251 e. The Morgan fingerprint density at radius 2 is 2.04 bits per heavy atom. The zero-order valence-corrected chi connectivity index (χ0v) is 16.2. The van der Waals surface area contributed by atoms with Gasteiger partial charge in [0, 0.05) is 58.9 Å². The van der Waals surface area contributed by atoms with Crippen molar-refractivity contribution in [3.8, 4) is 0 Å². The quantitative estimate of drug-likeness (QED) is 0.844. The van der Waals surface area contributed by atoms with E-state index in [1.54, 1.807) is 12.1 Å². The van der Waals surface area contributed by atoms with Crippen LogP contribution in [0, 0.1) is 13.8 Å². The van der Waals surface area contributed by atoms with Crippen LogP contribution < -0.4 is 16.1 Å². The molecule has 1 aliphatic rings. The second kappa shape index (κ2) is 7.54. The van der Waals surface area contributed by atoms with Crippen LogP contribution in [0.5, 0.6) is 0 Å². The van der Waals surface area contributed by atoms with Crippen LogP contribution in [0.25, 0.3) is 0 Å². The fourth-order valence-electron chi connectivity index (χ4n) is 3.58. The average molecular weight is 374 g/mol. The number of carbonyl (C=O) groups excluding carboxylic acids is 1. The van der Waals surface area contributed by atoms with Gasteiger partial charge in [-0.05, 0) is 51.3 Å². The molecule has 1 aromatic heterocycles. The number of aromatic nitrogens is 1. The molecule has 1 aromatic carbocycles. The van der Waals surface area contributed by atoms with Crippen LogP contribution in [0.1, 0.15) is 46.2 Å². The summed E-state index contributed by atoms with van der Waals surface area (Å²) in [6.45, 7) is 7.72. The summed E-state index contributed by atoms with van der Waals surface area (Å²) in [7, 11) is 0. The molecular weight excluding hydrogens is 350 g/mol. The van der Waals surface area contributed by atoms with Crippen molar-refractivity contribution in [3.05, 3.63) is 61.5 Å². The zero-order valence-electron chi connectivity index (χ0n) is 15.4. The number of aryl methyl sites for hydroxylation is 1. The highest BCUT2D eigenvalue weighted by Crippen LogP contribution is 2.25. The summed E-state index contributed by atoms with van der Waals surface area (Å²) >= 11 is 6.16. The number of anilines is 1. The van der Waals surface area contributed by atoms with E-state index < -0.39 is 0 Å². The summed E-state index contributed by atoms with van der Waals surface area (Å²) in [5.74, 6) is -0.228. The molecule has 0 atom stereocenters. The third-order valence-corrected chi connectivity index (χ3v) is 5.23. The fraction of sp³-hybridized carbons (Fsp3) is 0.400. The average Bonchev–Trinajstić information content (AvgIpc) is 3.06. The number of amides is 1. The molecule has 0 fully saturated rings. The Balaban J connectivity index is 1.84. The van der Waals surface area contributed by atoms with Gasteiger partial charge in [0.2, 0.25) is 0 Å². The van der Waals surface area contributed by atoms with E-state index in [1.165, 1.54) is 0 Å². The lowest BCUT2D eigenvalue weighted by atomic mass is 10.1. The van der Waals surface area contributed by atoms with Gasteiger partial charge in [-0.25, -0.2) is 0 Å². The number of pyridine rings is 1. The lowest BCUT2D eigenvalue weighted by Crippen LogP contribution is -2.29. The van der Waals surface area contributed by atoms with Crippen LogP contribution in [0.15, 0.2) is 23.0 Å². The molecule has 0 unspecified atom stereocenters. The van der Waals surface area contributed by atoms with E-state index in [0.717, 1.165) is 48.6 Å². The zero-order chi connectivity index (χ0) is 18.8. The Bertz CT molecular complexity index is 918. The SMILES string of the molecule is CCNc1cc(Cl)cc(C(=O)NCc2c(C)n3c(cc2=O)CCC3)c1C. The highest BCUT2D eigenvalue weighted by molar-refractivity contribution is 6.31. The van der Waals surface area contributed by atoms with Gasteiger partial charge in [-0.3, -0.25) is 9.59 Å². The Hall–Kier alpha value is -2.27. The van der Waals surface area contributed by atoms with E-state index in [-0.39, 0.29) is 17.9 Å². The Morgan fingerprint density at radius 1 is 1.27 bits per heavy atom. The molecule has 0 bridgehead atoms. The first kappa shape index (κ1) is 18.5. The molecule has 6 heteroatoms. The van der Waals surface area contributed by atoms with Gasteiger partial charge in [0.15, 0.2) is 5.43 Å². The predicted octanol–water partition coefficient (Wildman–Crippen LogP) is 3.43.